The van der Waals surface area contributed by atoms with Gasteiger partial charge in [0, 0.05) is 25.0 Å². The summed E-state index contributed by atoms with van der Waals surface area (Å²) in [5.41, 5.74) is 0.0565. The van der Waals surface area contributed by atoms with Crippen LogP contribution in [0.15, 0.2) is 15.9 Å². The Hall–Kier alpha value is -2.18. The summed E-state index contributed by atoms with van der Waals surface area (Å²) in [6, 6.07) is -0.359. The Balaban J connectivity index is 2.83. The minimum atomic E-state index is -0.354. The molecule has 0 bridgehead atoms. The largest absolute Gasteiger partial charge is 0.333 e. The molecule has 7 nitrogen and oxygen atoms in total. The number of hydrogen-bond donors (Lipinski definition) is 0. The maximum absolute atomic E-state index is 12.7. The van der Waals surface area contributed by atoms with Crippen molar-refractivity contribution in [2.75, 3.05) is 0 Å². The molecule has 0 saturated heterocycles. The highest BCUT2D eigenvalue weighted by atomic mass is 16.2. The van der Waals surface area contributed by atoms with Crippen LogP contribution in [0.4, 0.5) is 0 Å². The van der Waals surface area contributed by atoms with Crippen molar-refractivity contribution in [2.24, 2.45) is 0 Å². The van der Waals surface area contributed by atoms with Gasteiger partial charge in [-0.2, -0.15) is 0 Å². The number of rotatable bonds is 5. The zero-order valence-electron chi connectivity index (χ0n) is 13.7. The van der Waals surface area contributed by atoms with Gasteiger partial charge in [0.1, 0.15) is 5.78 Å². The maximum atomic E-state index is 12.7. The molecule has 2 aromatic heterocycles. The van der Waals surface area contributed by atoms with Gasteiger partial charge < -0.3 is 4.57 Å². The summed E-state index contributed by atoms with van der Waals surface area (Å²) >= 11 is 0. The average molecular weight is 306 g/mol. The molecule has 0 aliphatic rings. The average Bonchev–Trinajstić information content (AvgIpc) is 2.79. The first-order chi connectivity index (χ1) is 10.3. The number of imidazole rings is 1. The lowest BCUT2D eigenvalue weighted by atomic mass is 10.3. The quantitative estimate of drug-likeness (QED) is 0.838. The van der Waals surface area contributed by atoms with Gasteiger partial charge in [-0.1, -0.05) is 0 Å². The second-order valence-electron chi connectivity index (χ2n) is 6.08. The Morgan fingerprint density at radius 3 is 2.23 bits per heavy atom. The van der Waals surface area contributed by atoms with E-state index in [1.807, 2.05) is 13.8 Å². The molecule has 0 aliphatic carbocycles. The highest BCUT2D eigenvalue weighted by Gasteiger charge is 2.20. The van der Waals surface area contributed by atoms with Crippen LogP contribution in [0.25, 0.3) is 11.2 Å². The first-order valence-electron chi connectivity index (χ1n) is 7.47. The van der Waals surface area contributed by atoms with Crippen LogP contribution >= 0.6 is 0 Å². The molecule has 2 heterocycles. The van der Waals surface area contributed by atoms with Gasteiger partial charge in [-0.25, -0.2) is 9.78 Å². The van der Waals surface area contributed by atoms with E-state index in [4.69, 9.17) is 0 Å². The normalized spacial score (nSPS) is 11.8. The number of aromatic nitrogens is 4. The number of aryl methyl sites for hydroxylation is 1. The van der Waals surface area contributed by atoms with Crippen molar-refractivity contribution in [3.05, 3.63) is 27.2 Å². The number of nitrogens with zero attached hydrogens (tertiary/aromatic N) is 4. The van der Waals surface area contributed by atoms with Crippen molar-refractivity contribution in [3.63, 3.8) is 0 Å². The Bertz CT molecular complexity index is 824. The fourth-order valence-electron chi connectivity index (χ4n) is 2.54. The molecule has 2 rings (SSSR count). The molecule has 0 radical (unpaired) electrons. The second kappa shape index (κ2) is 5.90. The number of ketones is 1. The van der Waals surface area contributed by atoms with Crippen molar-refractivity contribution >= 4 is 16.9 Å². The minimum Gasteiger partial charge on any atom is -0.324 e. The molecule has 0 unspecified atom stereocenters. The topological polar surface area (TPSA) is 78.9 Å². The molecule has 0 N–H and O–H groups in total. The van der Waals surface area contributed by atoms with Crippen LogP contribution in [0.3, 0.4) is 0 Å². The summed E-state index contributed by atoms with van der Waals surface area (Å²) < 4.78 is 4.44. The predicted octanol–water partition coefficient (Wildman–Crippen LogP) is 1.50. The molecule has 22 heavy (non-hydrogen) atoms. The molecule has 120 valence electrons. The lowest BCUT2D eigenvalue weighted by Crippen LogP contribution is -2.42. The van der Waals surface area contributed by atoms with Crippen molar-refractivity contribution in [3.8, 4) is 0 Å². The van der Waals surface area contributed by atoms with Crippen LogP contribution in [0.1, 0.15) is 53.1 Å². The molecular formula is C15H22N4O3. The molecule has 0 amide bonds. The van der Waals surface area contributed by atoms with Gasteiger partial charge in [-0.3, -0.25) is 18.7 Å². The van der Waals surface area contributed by atoms with E-state index in [1.54, 1.807) is 18.4 Å². The third-order valence-electron chi connectivity index (χ3n) is 3.62. The molecule has 0 aromatic carbocycles. The van der Waals surface area contributed by atoms with Gasteiger partial charge >= 0.3 is 5.69 Å². The van der Waals surface area contributed by atoms with Gasteiger partial charge in [-0.15, -0.1) is 0 Å². The van der Waals surface area contributed by atoms with E-state index in [-0.39, 0.29) is 29.1 Å². The number of carbonyl (C=O) groups excluding carboxylic acids is 1. The van der Waals surface area contributed by atoms with E-state index < -0.39 is 0 Å². The highest BCUT2D eigenvalue weighted by Crippen LogP contribution is 2.13. The lowest BCUT2D eigenvalue weighted by Gasteiger charge is -2.16. The predicted molar refractivity (Wildman–Crippen MR) is 84.3 cm³/mol. The summed E-state index contributed by atoms with van der Waals surface area (Å²) in [4.78, 5) is 40.7. The van der Waals surface area contributed by atoms with E-state index in [0.29, 0.717) is 24.1 Å². The Morgan fingerprint density at radius 1 is 1.14 bits per heavy atom. The van der Waals surface area contributed by atoms with Gasteiger partial charge in [0.15, 0.2) is 11.2 Å². The molecular weight excluding hydrogens is 284 g/mol. The van der Waals surface area contributed by atoms with E-state index >= 15 is 0 Å². The van der Waals surface area contributed by atoms with Crippen molar-refractivity contribution in [1.82, 2.24) is 18.7 Å². The minimum absolute atomic E-state index is 0.0446. The van der Waals surface area contributed by atoms with Crippen LogP contribution in [-0.4, -0.2) is 24.5 Å². The fraction of sp³-hybridized carbons (Fsp3) is 0.600. The summed E-state index contributed by atoms with van der Waals surface area (Å²) in [5, 5.41) is 0. The van der Waals surface area contributed by atoms with Crippen LogP contribution in [0.5, 0.6) is 0 Å². The molecule has 2 aromatic rings. The van der Waals surface area contributed by atoms with Crippen molar-refractivity contribution < 1.29 is 4.79 Å². The van der Waals surface area contributed by atoms with Gasteiger partial charge in [0.2, 0.25) is 0 Å². The summed E-state index contributed by atoms with van der Waals surface area (Å²) in [6.07, 6.45) is 1.85. The lowest BCUT2D eigenvalue weighted by molar-refractivity contribution is -0.117. The van der Waals surface area contributed by atoms with Crippen molar-refractivity contribution in [2.45, 2.75) is 59.7 Å². The Kier molecular flexibility index (Phi) is 4.35. The zero-order valence-corrected chi connectivity index (χ0v) is 13.7. The molecule has 0 fully saturated rings. The third-order valence-corrected chi connectivity index (χ3v) is 3.62. The molecule has 0 saturated carbocycles. The smallest absolute Gasteiger partial charge is 0.324 e. The fourth-order valence-corrected chi connectivity index (χ4v) is 2.54. The highest BCUT2D eigenvalue weighted by molar-refractivity contribution is 5.76. The first-order valence-corrected chi connectivity index (χ1v) is 7.47. The summed E-state index contributed by atoms with van der Waals surface area (Å²) in [6.45, 7) is 9.26. The van der Waals surface area contributed by atoms with Gasteiger partial charge in [0.05, 0.1) is 6.33 Å². The number of Topliss-reactive ketones (excluding diaryl/α,β-unsaturated/α-hetero) is 1. The third kappa shape index (κ3) is 2.63. The molecule has 7 heteroatoms. The summed E-state index contributed by atoms with van der Waals surface area (Å²) in [7, 11) is 0. The van der Waals surface area contributed by atoms with Crippen LogP contribution in [0, 0.1) is 0 Å². The van der Waals surface area contributed by atoms with E-state index in [2.05, 4.69) is 4.98 Å². The van der Waals surface area contributed by atoms with Gasteiger partial charge in [-0.05, 0) is 34.6 Å². The summed E-state index contributed by atoms with van der Waals surface area (Å²) in [5.74, 6) is 0.0446. The monoisotopic (exact) mass is 306 g/mol. The SMILES string of the molecule is CC(=O)CCn1cnc2c1c(=O)n(C(C)C)c(=O)n2C(C)C. The molecule has 0 spiro atoms. The zero-order chi connectivity index (χ0) is 16.6. The van der Waals surface area contributed by atoms with Crippen LogP contribution in [0.2, 0.25) is 0 Å². The Morgan fingerprint density at radius 2 is 1.73 bits per heavy atom. The van der Waals surface area contributed by atoms with Crippen molar-refractivity contribution in [1.29, 1.82) is 0 Å². The number of carbonyl (C=O) groups is 1. The van der Waals surface area contributed by atoms with Gasteiger partial charge in [0.25, 0.3) is 5.56 Å². The second-order valence-corrected chi connectivity index (χ2v) is 6.08. The molecule has 0 atom stereocenters. The van der Waals surface area contributed by atoms with Crippen LogP contribution in [-0.2, 0) is 11.3 Å². The van der Waals surface area contributed by atoms with E-state index in [1.165, 1.54) is 22.4 Å². The number of hydrogen-bond acceptors (Lipinski definition) is 4. The molecule has 0 aliphatic heterocycles. The van der Waals surface area contributed by atoms with E-state index in [0.717, 1.165) is 0 Å². The standard InChI is InChI=1S/C15H22N4O3/c1-9(2)18-13-12(14(21)19(10(3)4)15(18)22)17(8-16-13)7-6-11(5)20/h8-10H,6-7H2,1-5H3. The number of fused-ring (bicyclic) bond motifs is 1. The first kappa shape index (κ1) is 16.2. The Labute approximate surface area is 128 Å². The maximum Gasteiger partial charge on any atom is 0.333 e. The van der Waals surface area contributed by atoms with E-state index in [9.17, 15) is 14.4 Å². The van der Waals surface area contributed by atoms with Crippen LogP contribution < -0.4 is 11.2 Å².